The Kier molecular flexibility index (Phi) is 4.21. The van der Waals surface area contributed by atoms with Gasteiger partial charge in [0.25, 0.3) is 11.8 Å². The Hall–Kier alpha value is -2.53. The first-order chi connectivity index (χ1) is 11.1. The van der Waals surface area contributed by atoms with E-state index in [1.165, 1.54) is 0 Å². The highest BCUT2D eigenvalue weighted by atomic mass is 35.5. The van der Waals surface area contributed by atoms with Gasteiger partial charge in [-0.3, -0.25) is 19.5 Å². The second-order valence-electron chi connectivity index (χ2n) is 5.21. The van der Waals surface area contributed by atoms with Crippen LogP contribution in [0.2, 0.25) is 0 Å². The molecule has 0 saturated heterocycles. The Morgan fingerprint density at radius 2 is 2.04 bits per heavy atom. The van der Waals surface area contributed by atoms with Crippen molar-refractivity contribution in [3.05, 3.63) is 52.8 Å². The van der Waals surface area contributed by atoms with Gasteiger partial charge >= 0.3 is 0 Å². The summed E-state index contributed by atoms with van der Waals surface area (Å²) in [5.74, 6) is -0.823. The fraction of sp³-hybridized carbons (Fsp3) is 0.176. The lowest BCUT2D eigenvalue weighted by molar-refractivity contribution is -0.139. The van der Waals surface area contributed by atoms with Gasteiger partial charge in [-0.15, -0.1) is 0 Å². The predicted molar refractivity (Wildman–Crippen MR) is 88.5 cm³/mol. The molecule has 0 radical (unpaired) electrons. The van der Waals surface area contributed by atoms with Crippen LogP contribution in [0.3, 0.4) is 0 Å². The average Bonchev–Trinajstić information content (AvgIpc) is 2.56. The molecule has 0 atom stereocenters. The van der Waals surface area contributed by atoms with Crippen LogP contribution in [-0.2, 0) is 9.59 Å². The maximum absolute atomic E-state index is 12.4. The van der Waals surface area contributed by atoms with Crippen LogP contribution in [0.4, 0.5) is 0 Å². The molecule has 23 heavy (non-hydrogen) atoms. The van der Waals surface area contributed by atoms with Crippen LogP contribution in [-0.4, -0.2) is 33.2 Å². The van der Waals surface area contributed by atoms with E-state index in [4.69, 9.17) is 11.6 Å². The monoisotopic (exact) mass is 327 g/mol. The number of aromatic nitrogens is 2. The van der Waals surface area contributed by atoms with E-state index in [1.807, 2.05) is 24.3 Å². The van der Waals surface area contributed by atoms with Crippen molar-refractivity contribution in [3.8, 4) is 0 Å². The fourth-order valence-corrected chi connectivity index (χ4v) is 2.58. The number of hydrogen-bond acceptors (Lipinski definition) is 4. The molecule has 2 heterocycles. The molecule has 6 heteroatoms. The van der Waals surface area contributed by atoms with Crippen LogP contribution >= 0.6 is 11.6 Å². The average molecular weight is 328 g/mol. The summed E-state index contributed by atoms with van der Waals surface area (Å²) < 4.78 is 0. The topological polar surface area (TPSA) is 63.2 Å². The zero-order valence-electron chi connectivity index (χ0n) is 12.5. The van der Waals surface area contributed by atoms with Gasteiger partial charge in [-0.05, 0) is 31.6 Å². The van der Waals surface area contributed by atoms with Crippen molar-refractivity contribution in [3.63, 3.8) is 0 Å². The molecule has 5 nitrogen and oxygen atoms in total. The molecule has 2 amide bonds. The first-order valence-corrected chi connectivity index (χ1v) is 7.56. The minimum absolute atomic E-state index is 0.0860. The van der Waals surface area contributed by atoms with Gasteiger partial charge in [0, 0.05) is 12.1 Å². The molecule has 1 aromatic carbocycles. The Morgan fingerprint density at radius 3 is 2.83 bits per heavy atom. The van der Waals surface area contributed by atoms with Crippen LogP contribution in [0.5, 0.6) is 0 Å². The molecule has 0 spiro atoms. The second kappa shape index (κ2) is 6.30. The maximum Gasteiger partial charge on any atom is 0.271 e. The zero-order valence-corrected chi connectivity index (χ0v) is 13.2. The molecule has 1 aliphatic rings. The molecule has 0 unspecified atom stereocenters. The smallest absolute Gasteiger partial charge is 0.271 e. The highest BCUT2D eigenvalue weighted by Crippen LogP contribution is 2.18. The molecular weight excluding hydrogens is 314 g/mol. The summed E-state index contributed by atoms with van der Waals surface area (Å²) >= 11 is 5.81. The van der Waals surface area contributed by atoms with Crippen LogP contribution in [0.25, 0.3) is 17.1 Å². The van der Waals surface area contributed by atoms with E-state index >= 15 is 0 Å². The van der Waals surface area contributed by atoms with Gasteiger partial charge in [-0.1, -0.05) is 29.8 Å². The van der Waals surface area contributed by atoms with Crippen molar-refractivity contribution < 1.29 is 9.59 Å². The molecule has 0 aliphatic carbocycles. The summed E-state index contributed by atoms with van der Waals surface area (Å²) in [4.78, 5) is 34.3. The van der Waals surface area contributed by atoms with Crippen LogP contribution in [0.15, 0.2) is 47.1 Å². The molecular formula is C17H14ClN3O2. The maximum atomic E-state index is 12.4. The lowest BCUT2D eigenvalue weighted by Crippen LogP contribution is -2.40. The normalized spacial score (nSPS) is 15.7. The third-order valence-corrected chi connectivity index (χ3v) is 3.86. The van der Waals surface area contributed by atoms with Crippen LogP contribution in [0, 0.1) is 0 Å². The van der Waals surface area contributed by atoms with E-state index in [0.29, 0.717) is 24.2 Å². The van der Waals surface area contributed by atoms with E-state index in [2.05, 4.69) is 9.97 Å². The van der Waals surface area contributed by atoms with Crippen molar-refractivity contribution >= 4 is 40.5 Å². The molecule has 0 N–H and O–H groups in total. The molecule has 0 fully saturated rings. The Morgan fingerprint density at radius 1 is 1.30 bits per heavy atom. The summed E-state index contributed by atoms with van der Waals surface area (Å²) in [6.45, 7) is 1.99. The van der Waals surface area contributed by atoms with Crippen molar-refractivity contribution in [2.24, 2.45) is 0 Å². The summed E-state index contributed by atoms with van der Waals surface area (Å²) in [5, 5.41) is 0.0860. The highest BCUT2D eigenvalue weighted by Gasteiger charge is 2.27. The number of rotatable bonds is 2. The summed E-state index contributed by atoms with van der Waals surface area (Å²) in [6.07, 6.45) is 5.42. The standard InChI is InChI=1S/C17H14ClN3O2/c1-11(16(22)21-8-4-5-13(18)17(21)23)9-12-10-19-14-6-2-3-7-15(14)20-12/h2-3,5-7,9-10H,4,8H2,1H3/b11-9+. The van der Waals surface area contributed by atoms with Crippen molar-refractivity contribution in [1.29, 1.82) is 0 Å². The van der Waals surface area contributed by atoms with E-state index in [-0.39, 0.29) is 10.9 Å². The number of para-hydroxylation sites is 2. The third kappa shape index (κ3) is 3.14. The number of amides is 2. The van der Waals surface area contributed by atoms with Gasteiger partial charge in [0.2, 0.25) is 0 Å². The fourth-order valence-electron chi connectivity index (χ4n) is 2.37. The van der Waals surface area contributed by atoms with E-state index in [1.54, 1.807) is 25.3 Å². The largest absolute Gasteiger partial charge is 0.274 e. The number of nitrogens with zero attached hydrogens (tertiary/aromatic N) is 3. The number of imide groups is 1. The number of fused-ring (bicyclic) bond motifs is 1. The number of carbonyl (C=O) groups excluding carboxylic acids is 2. The lowest BCUT2D eigenvalue weighted by Gasteiger charge is -2.23. The molecule has 1 aromatic heterocycles. The lowest BCUT2D eigenvalue weighted by atomic mass is 10.1. The van der Waals surface area contributed by atoms with Crippen molar-refractivity contribution in [2.45, 2.75) is 13.3 Å². The van der Waals surface area contributed by atoms with Gasteiger partial charge in [-0.2, -0.15) is 0 Å². The third-order valence-electron chi connectivity index (χ3n) is 3.54. The van der Waals surface area contributed by atoms with Crippen LogP contribution < -0.4 is 0 Å². The van der Waals surface area contributed by atoms with E-state index in [9.17, 15) is 9.59 Å². The Bertz CT molecular complexity index is 858. The van der Waals surface area contributed by atoms with Crippen molar-refractivity contribution in [1.82, 2.24) is 14.9 Å². The molecule has 3 rings (SSSR count). The minimum atomic E-state index is -0.458. The van der Waals surface area contributed by atoms with Gasteiger partial charge in [0.15, 0.2) is 0 Å². The SMILES string of the molecule is C/C(=C\c1cnc2ccccc2n1)C(=O)N1CCC=C(Cl)C1=O. The molecule has 0 bridgehead atoms. The molecule has 1 aliphatic heterocycles. The van der Waals surface area contributed by atoms with Crippen LogP contribution in [0.1, 0.15) is 19.0 Å². The van der Waals surface area contributed by atoms with E-state index < -0.39 is 5.91 Å². The van der Waals surface area contributed by atoms with Gasteiger partial charge in [0.1, 0.15) is 5.03 Å². The number of halogens is 1. The number of hydrogen-bond donors (Lipinski definition) is 0. The Labute approximate surface area is 138 Å². The summed E-state index contributed by atoms with van der Waals surface area (Å²) in [5.41, 5.74) is 2.52. The summed E-state index contributed by atoms with van der Waals surface area (Å²) in [6, 6.07) is 7.49. The summed E-state index contributed by atoms with van der Waals surface area (Å²) in [7, 11) is 0. The first kappa shape index (κ1) is 15.4. The highest BCUT2D eigenvalue weighted by molar-refractivity contribution is 6.43. The minimum Gasteiger partial charge on any atom is -0.274 e. The number of carbonyl (C=O) groups is 2. The first-order valence-electron chi connectivity index (χ1n) is 7.18. The predicted octanol–water partition coefficient (Wildman–Crippen LogP) is 2.91. The Balaban J connectivity index is 1.87. The zero-order chi connectivity index (χ0) is 16.4. The second-order valence-corrected chi connectivity index (χ2v) is 5.62. The number of benzene rings is 1. The quantitative estimate of drug-likeness (QED) is 0.796. The van der Waals surface area contributed by atoms with Crippen molar-refractivity contribution in [2.75, 3.05) is 6.54 Å². The van der Waals surface area contributed by atoms with Gasteiger partial charge < -0.3 is 0 Å². The van der Waals surface area contributed by atoms with Gasteiger partial charge in [0.05, 0.1) is 22.9 Å². The molecule has 116 valence electrons. The molecule has 2 aromatic rings. The van der Waals surface area contributed by atoms with Gasteiger partial charge in [-0.25, -0.2) is 4.98 Å². The van der Waals surface area contributed by atoms with E-state index in [0.717, 1.165) is 15.9 Å². The molecule has 0 saturated carbocycles.